The van der Waals surface area contributed by atoms with Crippen molar-refractivity contribution in [2.24, 2.45) is 5.92 Å². The summed E-state index contributed by atoms with van der Waals surface area (Å²) in [5.74, 6) is 1.39. The number of carbonyl (C=O) groups is 3. The number of unbranched alkanes of at least 4 members (excludes halogenated alkanes) is 2. The van der Waals surface area contributed by atoms with Gasteiger partial charge in [0.15, 0.2) is 0 Å². The monoisotopic (exact) mass is 529 g/mol. The number of hydrogen-bond donors (Lipinski definition) is 3. The van der Waals surface area contributed by atoms with Gasteiger partial charge in [0.05, 0.1) is 12.3 Å². The van der Waals surface area contributed by atoms with Crippen molar-refractivity contribution in [2.45, 2.75) is 73.0 Å². The normalized spacial score (nSPS) is 10.2. The Morgan fingerprint density at radius 2 is 1.66 bits per heavy atom. The molecule has 0 aliphatic carbocycles. The van der Waals surface area contributed by atoms with Crippen molar-refractivity contribution in [3.8, 4) is 0 Å². The van der Waals surface area contributed by atoms with Crippen molar-refractivity contribution in [1.29, 1.82) is 0 Å². The standard InChI is InChI=1S/C14H27N3O3S2.C7H8.C4H10.C2H6/c1-3-4-5-6-17(11-18)8-12(21)9-22-10-14(20)16-7-13(19)15-2;1-7-5-3-2-4-6-7;1-4(2)3;1-2/h11-12,21H,3-10H2,1-2H3,(H,15,19)(H,16,20);2-6H,1H3;4H,1-3H3;1-2H3/t12-;;;/m0.../s1. The van der Waals surface area contributed by atoms with E-state index in [0.717, 1.165) is 38.1 Å². The highest BCUT2D eigenvalue weighted by molar-refractivity contribution is 8.00. The van der Waals surface area contributed by atoms with Crippen LogP contribution in [0.15, 0.2) is 30.3 Å². The lowest BCUT2D eigenvalue weighted by Crippen LogP contribution is -2.36. The predicted molar refractivity (Wildman–Crippen MR) is 157 cm³/mol. The molecule has 0 heterocycles. The molecule has 1 atom stereocenters. The highest BCUT2D eigenvalue weighted by Crippen LogP contribution is 2.09. The van der Waals surface area contributed by atoms with Gasteiger partial charge in [0.1, 0.15) is 0 Å². The number of benzene rings is 1. The van der Waals surface area contributed by atoms with Gasteiger partial charge in [-0.2, -0.15) is 24.4 Å². The van der Waals surface area contributed by atoms with Crippen LogP contribution >= 0.6 is 24.4 Å². The van der Waals surface area contributed by atoms with Crippen LogP contribution in [0.2, 0.25) is 0 Å². The van der Waals surface area contributed by atoms with Gasteiger partial charge in [0, 0.05) is 31.1 Å². The number of nitrogens with zero attached hydrogens (tertiary/aromatic N) is 1. The van der Waals surface area contributed by atoms with Gasteiger partial charge in [-0.25, -0.2) is 0 Å². The average molecular weight is 530 g/mol. The lowest BCUT2D eigenvalue weighted by Gasteiger charge is -2.21. The molecule has 6 nitrogen and oxygen atoms in total. The minimum atomic E-state index is -0.223. The van der Waals surface area contributed by atoms with E-state index in [4.69, 9.17) is 0 Å². The van der Waals surface area contributed by atoms with Crippen LogP contribution in [0, 0.1) is 12.8 Å². The first-order chi connectivity index (χ1) is 16.7. The molecular weight excluding hydrogens is 478 g/mol. The van der Waals surface area contributed by atoms with Gasteiger partial charge < -0.3 is 15.5 Å². The Balaban J connectivity index is -0.000000638. The summed E-state index contributed by atoms with van der Waals surface area (Å²) in [4.78, 5) is 35.2. The quantitative estimate of drug-likeness (QED) is 0.186. The Morgan fingerprint density at radius 1 is 1.09 bits per heavy atom. The van der Waals surface area contributed by atoms with Gasteiger partial charge >= 0.3 is 0 Å². The smallest absolute Gasteiger partial charge is 0.239 e. The molecule has 0 aliphatic rings. The molecule has 35 heavy (non-hydrogen) atoms. The molecule has 0 aromatic heterocycles. The van der Waals surface area contributed by atoms with E-state index in [1.54, 1.807) is 4.90 Å². The van der Waals surface area contributed by atoms with E-state index in [1.165, 1.54) is 24.4 Å². The zero-order valence-corrected chi connectivity index (χ0v) is 25.0. The van der Waals surface area contributed by atoms with E-state index in [2.05, 4.69) is 70.0 Å². The highest BCUT2D eigenvalue weighted by atomic mass is 32.2. The van der Waals surface area contributed by atoms with Crippen molar-refractivity contribution in [3.63, 3.8) is 0 Å². The van der Waals surface area contributed by atoms with Crippen molar-refractivity contribution in [1.82, 2.24) is 15.5 Å². The maximum absolute atomic E-state index is 11.5. The van der Waals surface area contributed by atoms with Gasteiger partial charge in [0.25, 0.3) is 0 Å². The summed E-state index contributed by atoms with van der Waals surface area (Å²) < 4.78 is 0. The van der Waals surface area contributed by atoms with Crippen molar-refractivity contribution >= 4 is 42.6 Å². The minimum absolute atomic E-state index is 0.00343. The third-order valence-corrected chi connectivity index (χ3v) is 5.55. The Labute approximate surface area is 225 Å². The first kappa shape index (κ1) is 37.9. The maximum atomic E-state index is 11.5. The second-order valence-electron chi connectivity index (χ2n) is 8.31. The molecule has 0 saturated heterocycles. The summed E-state index contributed by atoms with van der Waals surface area (Å²) in [6.07, 6.45) is 4.10. The van der Waals surface area contributed by atoms with Gasteiger partial charge in [-0.05, 0) is 19.3 Å². The molecule has 204 valence electrons. The third kappa shape index (κ3) is 32.3. The lowest BCUT2D eigenvalue weighted by molar-refractivity contribution is -0.124. The van der Waals surface area contributed by atoms with Crippen molar-refractivity contribution in [2.75, 3.05) is 38.2 Å². The van der Waals surface area contributed by atoms with Crippen LogP contribution in [-0.2, 0) is 14.4 Å². The minimum Gasteiger partial charge on any atom is -0.358 e. The molecule has 0 aliphatic heterocycles. The number of likely N-dealkylation sites (N-methyl/N-ethyl adjacent to an activating group) is 1. The summed E-state index contributed by atoms with van der Waals surface area (Å²) in [5, 5.41) is 4.99. The third-order valence-electron chi connectivity index (χ3n) is 3.85. The first-order valence-electron chi connectivity index (χ1n) is 12.6. The molecule has 0 spiro atoms. The van der Waals surface area contributed by atoms with E-state index in [0.29, 0.717) is 12.3 Å². The predicted octanol–water partition coefficient (Wildman–Crippen LogP) is 5.21. The van der Waals surface area contributed by atoms with Crippen LogP contribution in [0.5, 0.6) is 0 Å². The fraction of sp³-hybridized carbons (Fsp3) is 0.667. The number of thiol groups is 1. The Bertz CT molecular complexity index is 614. The van der Waals surface area contributed by atoms with E-state index in [-0.39, 0.29) is 29.4 Å². The van der Waals surface area contributed by atoms with Crippen LogP contribution in [0.3, 0.4) is 0 Å². The van der Waals surface area contributed by atoms with Crippen LogP contribution in [0.25, 0.3) is 0 Å². The maximum Gasteiger partial charge on any atom is 0.239 e. The van der Waals surface area contributed by atoms with Crippen LogP contribution in [-0.4, -0.2) is 66.6 Å². The van der Waals surface area contributed by atoms with Gasteiger partial charge in [-0.15, -0.1) is 0 Å². The van der Waals surface area contributed by atoms with Crippen LogP contribution in [0.4, 0.5) is 0 Å². The molecule has 0 saturated carbocycles. The Hall–Kier alpha value is -1.67. The molecule has 0 fully saturated rings. The average Bonchev–Trinajstić information content (AvgIpc) is 2.83. The fourth-order valence-corrected chi connectivity index (χ4v) is 3.52. The second kappa shape index (κ2) is 28.6. The van der Waals surface area contributed by atoms with Crippen molar-refractivity contribution < 1.29 is 14.4 Å². The number of hydrogen-bond acceptors (Lipinski definition) is 5. The summed E-state index contributed by atoms with van der Waals surface area (Å²) in [7, 11) is 1.52. The number of thioether (sulfide) groups is 1. The van der Waals surface area contributed by atoms with Crippen molar-refractivity contribution in [3.05, 3.63) is 35.9 Å². The summed E-state index contributed by atoms with van der Waals surface area (Å²) in [6.45, 7) is 16.0. The zero-order chi connectivity index (χ0) is 27.5. The molecule has 1 rings (SSSR count). The summed E-state index contributed by atoms with van der Waals surface area (Å²) in [6, 6.07) is 10.3. The second-order valence-corrected chi connectivity index (χ2v) is 10.1. The highest BCUT2D eigenvalue weighted by Gasteiger charge is 2.11. The molecule has 1 aromatic rings. The number of aryl methyl sites for hydroxylation is 1. The van der Waals surface area contributed by atoms with Gasteiger partial charge in [-0.1, -0.05) is 90.3 Å². The molecule has 2 N–H and O–H groups in total. The fourth-order valence-electron chi connectivity index (χ4n) is 2.22. The number of amides is 3. The van der Waals surface area contributed by atoms with E-state index < -0.39 is 0 Å². The summed E-state index contributed by atoms with van der Waals surface area (Å²) >= 11 is 5.90. The lowest BCUT2D eigenvalue weighted by atomic mass is 10.2. The molecule has 8 heteroatoms. The zero-order valence-electron chi connectivity index (χ0n) is 23.3. The van der Waals surface area contributed by atoms with Gasteiger partial charge in [-0.3, -0.25) is 14.4 Å². The Kier molecular flexibility index (Phi) is 30.9. The molecule has 1 aromatic carbocycles. The first-order valence-corrected chi connectivity index (χ1v) is 14.3. The molecular formula is C27H51N3O3S2. The summed E-state index contributed by atoms with van der Waals surface area (Å²) in [5.41, 5.74) is 1.32. The molecule has 0 unspecified atom stereocenters. The van der Waals surface area contributed by atoms with Crippen LogP contribution in [0.1, 0.15) is 66.4 Å². The molecule has 0 bridgehead atoms. The van der Waals surface area contributed by atoms with E-state index in [1.807, 2.05) is 32.0 Å². The molecule has 3 amide bonds. The number of rotatable bonds is 13. The van der Waals surface area contributed by atoms with Gasteiger partial charge in [0.2, 0.25) is 18.2 Å². The topological polar surface area (TPSA) is 78.5 Å². The largest absolute Gasteiger partial charge is 0.358 e. The Morgan fingerprint density at radius 3 is 2.09 bits per heavy atom. The van der Waals surface area contributed by atoms with E-state index in [9.17, 15) is 14.4 Å². The van der Waals surface area contributed by atoms with E-state index >= 15 is 0 Å². The number of nitrogens with one attached hydrogen (secondary N) is 2. The SMILES string of the molecule is CC.CC(C)C.CCCCCN(C=O)C[C@H](S)CSCC(=O)NCC(=O)NC.Cc1ccccc1. The number of carbonyl (C=O) groups excluding carboxylic acids is 3. The van der Waals surface area contributed by atoms with Crippen LogP contribution < -0.4 is 10.6 Å². The molecule has 0 radical (unpaired) electrons.